The molecule has 3 rings (SSSR count). The van der Waals surface area contributed by atoms with Gasteiger partial charge < -0.3 is 9.84 Å². The van der Waals surface area contributed by atoms with E-state index in [2.05, 4.69) is 24.3 Å². The van der Waals surface area contributed by atoms with E-state index in [4.69, 9.17) is 9.84 Å². The van der Waals surface area contributed by atoms with E-state index in [1.165, 1.54) is 16.3 Å². The van der Waals surface area contributed by atoms with Crippen LogP contribution in [0.3, 0.4) is 0 Å². The normalized spacial score (nSPS) is 22.2. The molecule has 0 aromatic heterocycles. The van der Waals surface area contributed by atoms with Crippen molar-refractivity contribution in [2.24, 2.45) is 5.92 Å². The third-order valence-electron chi connectivity index (χ3n) is 4.09. The lowest BCUT2D eigenvalue weighted by Crippen LogP contribution is -2.13. The Morgan fingerprint density at radius 3 is 2.75 bits per heavy atom. The first-order valence-corrected chi connectivity index (χ1v) is 7.05. The zero-order valence-corrected chi connectivity index (χ0v) is 11.3. The molecule has 0 heterocycles. The fourth-order valence-corrected chi connectivity index (χ4v) is 2.94. The molecular weight excluding hydrogens is 252 g/mol. The molecule has 0 spiro atoms. The van der Waals surface area contributed by atoms with E-state index in [1.807, 2.05) is 18.2 Å². The summed E-state index contributed by atoms with van der Waals surface area (Å²) >= 11 is 0. The van der Waals surface area contributed by atoms with Gasteiger partial charge in [0.1, 0.15) is 0 Å². The van der Waals surface area contributed by atoms with Crippen molar-refractivity contribution in [3.8, 4) is 0 Å². The van der Waals surface area contributed by atoms with E-state index in [9.17, 15) is 4.79 Å². The zero-order valence-electron chi connectivity index (χ0n) is 11.3. The van der Waals surface area contributed by atoms with Crippen molar-refractivity contribution in [2.75, 3.05) is 0 Å². The molecule has 0 saturated heterocycles. The van der Waals surface area contributed by atoms with Crippen LogP contribution in [-0.4, -0.2) is 17.2 Å². The first-order valence-electron chi connectivity index (χ1n) is 7.05. The summed E-state index contributed by atoms with van der Waals surface area (Å²) in [5.41, 5.74) is 1.17. The molecule has 1 aliphatic carbocycles. The van der Waals surface area contributed by atoms with Crippen LogP contribution in [0.25, 0.3) is 10.8 Å². The van der Waals surface area contributed by atoms with E-state index < -0.39 is 5.97 Å². The maximum absolute atomic E-state index is 10.9. The van der Waals surface area contributed by atoms with Gasteiger partial charge in [-0.1, -0.05) is 42.5 Å². The van der Waals surface area contributed by atoms with Gasteiger partial charge in [0.25, 0.3) is 0 Å². The van der Waals surface area contributed by atoms with Crippen LogP contribution in [0.4, 0.5) is 0 Å². The average Bonchev–Trinajstić information content (AvgIpc) is 2.94. The Hall–Kier alpha value is -1.87. The van der Waals surface area contributed by atoms with Crippen molar-refractivity contribution < 1.29 is 14.6 Å². The summed E-state index contributed by atoms with van der Waals surface area (Å²) in [6.45, 7) is 0.554. The summed E-state index contributed by atoms with van der Waals surface area (Å²) in [7, 11) is 0. The standard InChI is InChI=1S/C17H18O3/c18-17(19)13-8-9-15(10-13)20-11-14-6-3-5-12-4-1-2-7-16(12)14/h1-7,13,15H,8-11H2,(H,18,19)/t13-,15-/m0/s1. The fraction of sp³-hybridized carbons (Fsp3) is 0.353. The summed E-state index contributed by atoms with van der Waals surface area (Å²) in [4.78, 5) is 10.9. The number of aliphatic carboxylic acids is 1. The number of benzene rings is 2. The zero-order chi connectivity index (χ0) is 13.9. The van der Waals surface area contributed by atoms with Crippen LogP contribution in [0.1, 0.15) is 24.8 Å². The smallest absolute Gasteiger partial charge is 0.306 e. The second-order valence-electron chi connectivity index (χ2n) is 5.42. The minimum atomic E-state index is -0.693. The van der Waals surface area contributed by atoms with Crippen LogP contribution in [0.15, 0.2) is 42.5 Å². The lowest BCUT2D eigenvalue weighted by molar-refractivity contribution is -0.141. The maximum Gasteiger partial charge on any atom is 0.306 e. The van der Waals surface area contributed by atoms with Crippen LogP contribution in [0, 0.1) is 5.92 Å². The molecule has 1 N–H and O–H groups in total. The monoisotopic (exact) mass is 270 g/mol. The summed E-state index contributed by atoms with van der Waals surface area (Å²) < 4.78 is 5.91. The Bertz CT molecular complexity index is 615. The number of carboxylic acids is 1. The van der Waals surface area contributed by atoms with Crippen molar-refractivity contribution in [3.05, 3.63) is 48.0 Å². The molecule has 2 aromatic rings. The predicted octanol–water partition coefficient (Wildman–Crippen LogP) is 3.61. The SMILES string of the molecule is O=C(O)[C@H]1CC[C@H](OCc2cccc3ccccc23)C1. The number of hydrogen-bond donors (Lipinski definition) is 1. The Morgan fingerprint density at radius 1 is 1.15 bits per heavy atom. The number of fused-ring (bicyclic) bond motifs is 1. The van der Waals surface area contributed by atoms with Crippen molar-refractivity contribution in [2.45, 2.75) is 32.0 Å². The fourth-order valence-electron chi connectivity index (χ4n) is 2.94. The predicted molar refractivity (Wildman–Crippen MR) is 77.5 cm³/mol. The molecule has 0 bridgehead atoms. The van der Waals surface area contributed by atoms with Crippen molar-refractivity contribution in [1.29, 1.82) is 0 Å². The molecule has 104 valence electrons. The van der Waals surface area contributed by atoms with Gasteiger partial charge in [0.15, 0.2) is 0 Å². The van der Waals surface area contributed by atoms with Crippen LogP contribution in [-0.2, 0) is 16.1 Å². The summed E-state index contributed by atoms with van der Waals surface area (Å²) in [6, 6.07) is 14.5. The highest BCUT2D eigenvalue weighted by atomic mass is 16.5. The van der Waals surface area contributed by atoms with Crippen LogP contribution >= 0.6 is 0 Å². The van der Waals surface area contributed by atoms with Crippen LogP contribution < -0.4 is 0 Å². The van der Waals surface area contributed by atoms with E-state index in [-0.39, 0.29) is 12.0 Å². The maximum atomic E-state index is 10.9. The minimum Gasteiger partial charge on any atom is -0.481 e. The largest absolute Gasteiger partial charge is 0.481 e. The number of carboxylic acid groups (broad SMARTS) is 1. The van der Waals surface area contributed by atoms with Gasteiger partial charge in [0.2, 0.25) is 0 Å². The number of hydrogen-bond acceptors (Lipinski definition) is 2. The highest BCUT2D eigenvalue weighted by Gasteiger charge is 2.30. The quantitative estimate of drug-likeness (QED) is 0.923. The van der Waals surface area contributed by atoms with E-state index in [1.54, 1.807) is 0 Å². The molecule has 3 heteroatoms. The van der Waals surface area contributed by atoms with Gasteiger partial charge in [-0.15, -0.1) is 0 Å². The van der Waals surface area contributed by atoms with Crippen LogP contribution in [0.5, 0.6) is 0 Å². The lowest BCUT2D eigenvalue weighted by Gasteiger charge is -2.13. The van der Waals surface area contributed by atoms with Crippen molar-refractivity contribution in [1.82, 2.24) is 0 Å². The van der Waals surface area contributed by atoms with Crippen LogP contribution in [0.2, 0.25) is 0 Å². The van der Waals surface area contributed by atoms with Gasteiger partial charge in [0.05, 0.1) is 18.6 Å². The van der Waals surface area contributed by atoms with Gasteiger partial charge in [-0.05, 0) is 35.6 Å². The lowest BCUT2D eigenvalue weighted by atomic mass is 10.1. The van der Waals surface area contributed by atoms with E-state index in [0.717, 1.165) is 12.8 Å². The van der Waals surface area contributed by atoms with E-state index in [0.29, 0.717) is 13.0 Å². The van der Waals surface area contributed by atoms with Crippen molar-refractivity contribution >= 4 is 16.7 Å². The number of rotatable bonds is 4. The molecule has 20 heavy (non-hydrogen) atoms. The molecule has 2 atom stereocenters. The molecule has 0 amide bonds. The van der Waals surface area contributed by atoms with Gasteiger partial charge >= 0.3 is 5.97 Å². The molecule has 3 nitrogen and oxygen atoms in total. The third-order valence-corrected chi connectivity index (χ3v) is 4.09. The molecule has 1 saturated carbocycles. The first kappa shape index (κ1) is 13.1. The Kier molecular flexibility index (Phi) is 3.70. The number of ether oxygens (including phenoxy) is 1. The van der Waals surface area contributed by atoms with Crippen molar-refractivity contribution in [3.63, 3.8) is 0 Å². The second kappa shape index (κ2) is 5.63. The second-order valence-corrected chi connectivity index (χ2v) is 5.42. The molecule has 0 unspecified atom stereocenters. The Labute approximate surface area is 118 Å². The highest BCUT2D eigenvalue weighted by Crippen LogP contribution is 2.29. The summed E-state index contributed by atoms with van der Waals surface area (Å²) in [5, 5.41) is 11.4. The van der Waals surface area contributed by atoms with Gasteiger partial charge in [-0.25, -0.2) is 0 Å². The summed E-state index contributed by atoms with van der Waals surface area (Å²) in [6.07, 6.45) is 2.30. The minimum absolute atomic E-state index is 0.0788. The first-order chi connectivity index (χ1) is 9.74. The molecule has 1 fully saturated rings. The molecule has 2 aromatic carbocycles. The molecule has 1 aliphatic rings. The molecule has 0 radical (unpaired) electrons. The number of carbonyl (C=O) groups is 1. The van der Waals surface area contributed by atoms with Gasteiger partial charge in [0, 0.05) is 0 Å². The average molecular weight is 270 g/mol. The molecular formula is C17H18O3. The van der Waals surface area contributed by atoms with E-state index >= 15 is 0 Å². The highest BCUT2D eigenvalue weighted by molar-refractivity contribution is 5.85. The topological polar surface area (TPSA) is 46.5 Å². The van der Waals surface area contributed by atoms with Gasteiger partial charge in [-0.3, -0.25) is 4.79 Å². The Morgan fingerprint density at radius 2 is 1.95 bits per heavy atom. The Balaban J connectivity index is 1.67. The molecule has 0 aliphatic heterocycles. The summed E-state index contributed by atoms with van der Waals surface area (Å²) in [5.74, 6) is -0.922. The van der Waals surface area contributed by atoms with Gasteiger partial charge in [-0.2, -0.15) is 0 Å². The third kappa shape index (κ3) is 2.68.